The Bertz CT molecular complexity index is 614. The molecule has 2 rings (SSSR count). The van der Waals surface area contributed by atoms with Crippen molar-refractivity contribution in [1.82, 2.24) is 0 Å². The average molecular weight is 312 g/mol. The van der Waals surface area contributed by atoms with Crippen LogP contribution in [0.4, 0.5) is 26.3 Å². The molecule has 0 saturated heterocycles. The van der Waals surface area contributed by atoms with E-state index < -0.39 is 41.3 Å². The number of rotatable bonds is 1. The summed E-state index contributed by atoms with van der Waals surface area (Å²) in [4.78, 5) is 10.8. The van der Waals surface area contributed by atoms with Gasteiger partial charge in [-0.25, -0.2) is 4.79 Å². The Hall–Kier alpha value is -2.19. The second kappa shape index (κ2) is 4.68. The molecule has 1 aromatic rings. The van der Waals surface area contributed by atoms with E-state index in [4.69, 9.17) is 5.11 Å². The lowest BCUT2D eigenvalue weighted by atomic mass is 10.00. The topological polar surface area (TPSA) is 46.5 Å². The third-order valence-electron chi connectivity index (χ3n) is 2.72. The van der Waals surface area contributed by atoms with E-state index in [0.717, 1.165) is 6.07 Å². The van der Waals surface area contributed by atoms with Crippen LogP contribution in [0.15, 0.2) is 23.8 Å². The molecule has 21 heavy (non-hydrogen) atoms. The zero-order valence-electron chi connectivity index (χ0n) is 9.92. The molecule has 1 atom stereocenters. The molecule has 0 spiro atoms. The maximum Gasteiger partial charge on any atom is 0.430 e. The normalized spacial score (nSPS) is 18.6. The molecule has 0 unspecified atom stereocenters. The van der Waals surface area contributed by atoms with Gasteiger partial charge in [0.1, 0.15) is 5.75 Å². The van der Waals surface area contributed by atoms with Crippen molar-refractivity contribution in [2.45, 2.75) is 18.5 Å². The van der Waals surface area contributed by atoms with Crippen molar-refractivity contribution in [3.63, 3.8) is 0 Å². The summed E-state index contributed by atoms with van der Waals surface area (Å²) in [5.41, 5.74) is -2.44. The molecule has 1 aliphatic rings. The van der Waals surface area contributed by atoms with Crippen LogP contribution in [0.5, 0.6) is 5.75 Å². The van der Waals surface area contributed by atoms with Gasteiger partial charge in [0.05, 0.1) is 11.1 Å². The Morgan fingerprint density at radius 1 is 1.14 bits per heavy atom. The third kappa shape index (κ3) is 2.96. The van der Waals surface area contributed by atoms with Crippen LogP contribution in [0.25, 0.3) is 6.08 Å². The number of carbonyl (C=O) groups is 1. The minimum Gasteiger partial charge on any atom is -0.478 e. The summed E-state index contributed by atoms with van der Waals surface area (Å²) in [6.45, 7) is 0. The summed E-state index contributed by atoms with van der Waals surface area (Å²) in [6, 6.07) is 1.89. The molecule has 0 saturated carbocycles. The van der Waals surface area contributed by atoms with E-state index in [1.54, 1.807) is 0 Å². The Balaban J connectivity index is 2.53. The minimum atomic E-state index is -5.06. The number of alkyl halides is 6. The first-order chi connectivity index (χ1) is 9.50. The molecule has 0 aliphatic carbocycles. The summed E-state index contributed by atoms with van der Waals surface area (Å²) in [5.74, 6) is -2.53. The predicted octanol–water partition coefficient (Wildman–Crippen LogP) is 3.50. The molecule has 0 bridgehead atoms. The fourth-order valence-corrected chi connectivity index (χ4v) is 1.78. The SMILES string of the molecule is O=C(O)C1=Cc2ccc(C(F)(F)F)cc2O[C@@H]1C(F)(F)F. The highest BCUT2D eigenvalue weighted by Crippen LogP contribution is 2.40. The fourth-order valence-electron chi connectivity index (χ4n) is 1.78. The second-order valence-corrected chi connectivity index (χ2v) is 4.19. The van der Waals surface area contributed by atoms with Gasteiger partial charge >= 0.3 is 18.3 Å². The average Bonchev–Trinajstić information content (AvgIpc) is 2.34. The van der Waals surface area contributed by atoms with Crippen LogP contribution in [-0.2, 0) is 11.0 Å². The highest BCUT2D eigenvalue weighted by atomic mass is 19.4. The maximum atomic E-state index is 12.7. The number of hydrogen-bond donors (Lipinski definition) is 1. The van der Waals surface area contributed by atoms with Crippen LogP contribution in [0.2, 0.25) is 0 Å². The highest BCUT2D eigenvalue weighted by Gasteiger charge is 2.48. The Labute approximate surface area is 113 Å². The summed E-state index contributed by atoms with van der Waals surface area (Å²) < 4.78 is 80.1. The van der Waals surface area contributed by atoms with Crippen molar-refractivity contribution in [2.75, 3.05) is 0 Å². The van der Waals surface area contributed by atoms with E-state index in [2.05, 4.69) is 4.74 Å². The number of hydrogen-bond acceptors (Lipinski definition) is 2. The summed E-state index contributed by atoms with van der Waals surface area (Å²) in [6.07, 6.45) is -12.0. The van der Waals surface area contributed by atoms with Crippen LogP contribution < -0.4 is 4.74 Å². The predicted molar refractivity (Wildman–Crippen MR) is 57.5 cm³/mol. The van der Waals surface area contributed by atoms with Crippen LogP contribution in [0.3, 0.4) is 0 Å². The van der Waals surface area contributed by atoms with Crippen LogP contribution in [0.1, 0.15) is 11.1 Å². The van der Waals surface area contributed by atoms with E-state index in [0.29, 0.717) is 18.2 Å². The smallest absolute Gasteiger partial charge is 0.430 e. The zero-order chi connectivity index (χ0) is 16.0. The van der Waals surface area contributed by atoms with Gasteiger partial charge < -0.3 is 9.84 Å². The molecule has 0 aromatic heterocycles. The maximum absolute atomic E-state index is 12.7. The molecule has 3 nitrogen and oxygen atoms in total. The van der Waals surface area contributed by atoms with E-state index in [1.807, 2.05) is 0 Å². The second-order valence-electron chi connectivity index (χ2n) is 4.19. The lowest BCUT2D eigenvalue weighted by Gasteiger charge is -2.27. The van der Waals surface area contributed by atoms with Crippen LogP contribution in [0, 0.1) is 0 Å². The van der Waals surface area contributed by atoms with E-state index >= 15 is 0 Å². The van der Waals surface area contributed by atoms with Crippen LogP contribution in [-0.4, -0.2) is 23.4 Å². The molecule has 1 heterocycles. The van der Waals surface area contributed by atoms with Crippen LogP contribution >= 0.6 is 0 Å². The zero-order valence-corrected chi connectivity index (χ0v) is 9.92. The number of halogens is 6. The molecular formula is C12H6F6O3. The first-order valence-corrected chi connectivity index (χ1v) is 5.39. The number of carboxylic acid groups (broad SMARTS) is 1. The summed E-state index contributed by atoms with van der Waals surface area (Å²) in [5, 5.41) is 8.75. The largest absolute Gasteiger partial charge is 0.478 e. The van der Waals surface area contributed by atoms with Gasteiger partial charge in [-0.15, -0.1) is 0 Å². The highest BCUT2D eigenvalue weighted by molar-refractivity contribution is 5.95. The van der Waals surface area contributed by atoms with Gasteiger partial charge in [0.2, 0.25) is 6.10 Å². The lowest BCUT2D eigenvalue weighted by molar-refractivity contribution is -0.187. The summed E-state index contributed by atoms with van der Waals surface area (Å²) in [7, 11) is 0. The molecular weight excluding hydrogens is 306 g/mol. The molecule has 1 aliphatic heterocycles. The quantitative estimate of drug-likeness (QED) is 0.807. The monoisotopic (exact) mass is 312 g/mol. The van der Waals surface area contributed by atoms with Gasteiger partial charge in [-0.2, -0.15) is 26.3 Å². The first-order valence-electron chi connectivity index (χ1n) is 5.39. The van der Waals surface area contributed by atoms with Crippen molar-refractivity contribution in [1.29, 1.82) is 0 Å². The molecule has 0 amide bonds. The molecule has 1 N–H and O–H groups in total. The summed E-state index contributed by atoms with van der Waals surface area (Å²) >= 11 is 0. The van der Waals surface area contributed by atoms with Gasteiger partial charge in [-0.3, -0.25) is 0 Å². The van der Waals surface area contributed by atoms with Gasteiger partial charge in [0.25, 0.3) is 0 Å². The molecule has 114 valence electrons. The molecule has 9 heteroatoms. The van der Waals surface area contributed by atoms with Crippen molar-refractivity contribution in [2.24, 2.45) is 0 Å². The first kappa shape index (κ1) is 15.2. The molecule has 0 radical (unpaired) electrons. The van der Waals surface area contributed by atoms with Gasteiger partial charge in [-0.05, 0) is 18.2 Å². The van der Waals surface area contributed by atoms with E-state index in [9.17, 15) is 31.1 Å². The Morgan fingerprint density at radius 3 is 2.24 bits per heavy atom. The fraction of sp³-hybridized carbons (Fsp3) is 0.250. The third-order valence-corrected chi connectivity index (χ3v) is 2.72. The number of ether oxygens (including phenoxy) is 1. The van der Waals surface area contributed by atoms with Gasteiger partial charge in [0.15, 0.2) is 0 Å². The van der Waals surface area contributed by atoms with Gasteiger partial charge in [0, 0.05) is 5.56 Å². The van der Waals surface area contributed by atoms with Crippen molar-refractivity contribution >= 4 is 12.0 Å². The number of aliphatic carboxylic acids is 1. The Kier molecular flexibility index (Phi) is 3.38. The molecule has 1 aromatic carbocycles. The van der Waals surface area contributed by atoms with Crippen molar-refractivity contribution < 1.29 is 41.0 Å². The number of carboxylic acids is 1. The van der Waals surface area contributed by atoms with E-state index in [1.165, 1.54) is 0 Å². The lowest BCUT2D eigenvalue weighted by Crippen LogP contribution is -2.40. The van der Waals surface area contributed by atoms with Crippen molar-refractivity contribution in [3.8, 4) is 5.75 Å². The Morgan fingerprint density at radius 2 is 1.76 bits per heavy atom. The number of fused-ring (bicyclic) bond motifs is 1. The van der Waals surface area contributed by atoms with Crippen molar-refractivity contribution in [3.05, 3.63) is 34.9 Å². The molecule has 0 fully saturated rings. The standard InChI is InChI=1S/C12H6F6O3/c13-11(14,15)6-2-1-5-3-7(10(19)20)9(12(16,17)18)21-8(5)4-6/h1-4,9H,(H,19,20)/t9-/m0/s1. The van der Waals surface area contributed by atoms with Gasteiger partial charge in [-0.1, -0.05) is 6.07 Å². The minimum absolute atomic E-state index is 0.166. The van der Waals surface area contributed by atoms with E-state index in [-0.39, 0.29) is 5.56 Å². The number of benzene rings is 1.